The van der Waals surface area contributed by atoms with Crippen LogP contribution in [0.2, 0.25) is 5.15 Å². The van der Waals surface area contributed by atoms with E-state index in [4.69, 9.17) is 11.6 Å². The zero-order chi connectivity index (χ0) is 14.8. The maximum atomic E-state index is 12.1. The molecule has 0 aliphatic heterocycles. The lowest BCUT2D eigenvalue weighted by Gasteiger charge is -2.07. The number of sulfonamides is 1. The van der Waals surface area contributed by atoms with Crippen LogP contribution in [-0.2, 0) is 20.8 Å². The molecule has 1 unspecified atom stereocenters. The average molecular weight is 333 g/mol. The number of nitrogens with zero attached hydrogens (tertiary/aromatic N) is 1. The van der Waals surface area contributed by atoms with Gasteiger partial charge in [-0.1, -0.05) is 11.6 Å². The maximum Gasteiger partial charge on any atom is 0.240 e. The molecule has 0 fully saturated rings. The second-order valence-electron chi connectivity index (χ2n) is 4.16. The van der Waals surface area contributed by atoms with Gasteiger partial charge in [-0.25, -0.2) is 18.1 Å². The molecule has 1 heterocycles. The van der Waals surface area contributed by atoms with Crippen molar-refractivity contribution in [3.8, 4) is 0 Å². The largest absolute Gasteiger partial charge is 0.260 e. The molecule has 5 nitrogen and oxygen atoms in total. The minimum Gasteiger partial charge on any atom is -0.260 e. The van der Waals surface area contributed by atoms with Gasteiger partial charge in [-0.05, 0) is 30.3 Å². The van der Waals surface area contributed by atoms with Crippen LogP contribution in [0.25, 0.3) is 10.9 Å². The van der Waals surface area contributed by atoms with Crippen molar-refractivity contribution in [1.82, 2.24) is 9.71 Å². The van der Waals surface area contributed by atoms with Crippen molar-refractivity contribution >= 4 is 43.3 Å². The summed E-state index contributed by atoms with van der Waals surface area (Å²) in [6.07, 6.45) is 1.53. The van der Waals surface area contributed by atoms with Gasteiger partial charge in [-0.15, -0.1) is 0 Å². The van der Waals surface area contributed by atoms with Crippen LogP contribution >= 0.6 is 11.6 Å². The lowest BCUT2D eigenvalue weighted by molar-refractivity contribution is 0.584. The van der Waals surface area contributed by atoms with Gasteiger partial charge in [0, 0.05) is 34.7 Å². The van der Waals surface area contributed by atoms with Crippen molar-refractivity contribution in [3.05, 3.63) is 35.5 Å². The lowest BCUT2D eigenvalue weighted by Crippen LogP contribution is -2.27. The van der Waals surface area contributed by atoms with E-state index < -0.39 is 20.8 Å². The number of aromatic nitrogens is 1. The second kappa shape index (κ2) is 6.17. The second-order valence-corrected chi connectivity index (χ2v) is 7.87. The Labute approximate surface area is 124 Å². The summed E-state index contributed by atoms with van der Waals surface area (Å²) in [4.78, 5) is 4.24. The molecule has 0 saturated heterocycles. The maximum absolute atomic E-state index is 12.1. The molecule has 0 aliphatic carbocycles. The Hall–Kier alpha value is -1.02. The van der Waals surface area contributed by atoms with Crippen LogP contribution in [0.4, 0.5) is 0 Å². The first-order chi connectivity index (χ1) is 9.38. The Balaban J connectivity index is 2.27. The molecule has 1 N–H and O–H groups in total. The van der Waals surface area contributed by atoms with Crippen LogP contribution in [0.3, 0.4) is 0 Å². The first-order valence-electron chi connectivity index (χ1n) is 5.74. The van der Waals surface area contributed by atoms with Crippen LogP contribution in [0.5, 0.6) is 0 Å². The van der Waals surface area contributed by atoms with Crippen molar-refractivity contribution < 1.29 is 12.6 Å². The van der Waals surface area contributed by atoms with Gasteiger partial charge >= 0.3 is 0 Å². The summed E-state index contributed by atoms with van der Waals surface area (Å²) in [5.74, 6) is 0.282. The molecule has 0 saturated carbocycles. The molecule has 20 heavy (non-hydrogen) atoms. The quantitative estimate of drug-likeness (QED) is 0.843. The summed E-state index contributed by atoms with van der Waals surface area (Å²) in [5, 5.41) is 1.05. The van der Waals surface area contributed by atoms with E-state index in [0.29, 0.717) is 16.1 Å². The Kier molecular flexibility index (Phi) is 4.74. The van der Waals surface area contributed by atoms with Crippen LogP contribution in [0.15, 0.2) is 35.2 Å². The Morgan fingerprint density at radius 2 is 2.05 bits per heavy atom. The number of fused-ring (bicyclic) bond motifs is 1. The van der Waals surface area contributed by atoms with E-state index in [1.54, 1.807) is 18.2 Å². The van der Waals surface area contributed by atoms with Gasteiger partial charge in [0.25, 0.3) is 0 Å². The highest BCUT2D eigenvalue weighted by Gasteiger charge is 2.14. The van der Waals surface area contributed by atoms with Gasteiger partial charge in [0.15, 0.2) is 0 Å². The Morgan fingerprint density at radius 1 is 1.30 bits per heavy atom. The highest BCUT2D eigenvalue weighted by Crippen LogP contribution is 2.19. The van der Waals surface area contributed by atoms with E-state index in [-0.39, 0.29) is 17.2 Å². The number of pyridine rings is 1. The standard InChI is InChI=1S/C12H13ClN2O3S2/c1-19(16)7-6-14-20(17,18)10-3-4-11-9(8-10)2-5-12(13)15-11/h2-5,8,14H,6-7H2,1H3. The number of halogens is 1. The highest BCUT2D eigenvalue weighted by atomic mass is 35.5. The number of nitrogens with one attached hydrogen (secondary N) is 1. The van der Waals surface area contributed by atoms with Crippen molar-refractivity contribution in [2.24, 2.45) is 0 Å². The first-order valence-corrected chi connectivity index (χ1v) is 9.33. The van der Waals surface area contributed by atoms with Gasteiger partial charge in [-0.3, -0.25) is 4.21 Å². The third kappa shape index (κ3) is 3.76. The molecule has 0 spiro atoms. The molecule has 0 aliphatic rings. The predicted molar refractivity (Wildman–Crippen MR) is 80.9 cm³/mol. The molecular formula is C12H13ClN2O3S2. The van der Waals surface area contributed by atoms with Crippen LogP contribution < -0.4 is 4.72 Å². The molecule has 108 valence electrons. The molecule has 2 rings (SSSR count). The fourth-order valence-corrected chi connectivity index (χ4v) is 3.39. The van der Waals surface area contributed by atoms with Crippen molar-refractivity contribution in [3.63, 3.8) is 0 Å². The third-order valence-electron chi connectivity index (χ3n) is 2.62. The zero-order valence-electron chi connectivity index (χ0n) is 10.7. The third-order valence-corrected chi connectivity index (χ3v) is 5.07. The fourth-order valence-electron chi connectivity index (χ4n) is 1.65. The molecule has 0 radical (unpaired) electrons. The minimum atomic E-state index is -3.60. The SMILES string of the molecule is CS(=O)CCNS(=O)(=O)c1ccc2nc(Cl)ccc2c1. The normalized spacial score (nSPS) is 13.5. The van der Waals surface area contributed by atoms with E-state index in [9.17, 15) is 12.6 Å². The van der Waals surface area contributed by atoms with Crippen LogP contribution in [0.1, 0.15) is 0 Å². The van der Waals surface area contributed by atoms with E-state index >= 15 is 0 Å². The smallest absolute Gasteiger partial charge is 0.240 e. The van der Waals surface area contributed by atoms with Crippen molar-refractivity contribution in [2.75, 3.05) is 18.6 Å². The van der Waals surface area contributed by atoms with Gasteiger partial charge in [0.05, 0.1) is 10.4 Å². The topological polar surface area (TPSA) is 76.1 Å². The van der Waals surface area contributed by atoms with E-state index in [2.05, 4.69) is 9.71 Å². The number of hydrogen-bond acceptors (Lipinski definition) is 4. The van der Waals surface area contributed by atoms with E-state index in [1.165, 1.54) is 18.4 Å². The van der Waals surface area contributed by atoms with Gasteiger partial charge < -0.3 is 0 Å². The summed E-state index contributed by atoms with van der Waals surface area (Å²) in [7, 11) is -4.64. The predicted octanol–water partition coefficient (Wildman–Crippen LogP) is 1.54. The fraction of sp³-hybridized carbons (Fsp3) is 0.250. The highest BCUT2D eigenvalue weighted by molar-refractivity contribution is 7.89. The summed E-state index contributed by atoms with van der Waals surface area (Å²) < 4.78 is 37.5. The first kappa shape index (κ1) is 15.4. The average Bonchev–Trinajstić information content (AvgIpc) is 2.37. The van der Waals surface area contributed by atoms with Gasteiger partial charge in [-0.2, -0.15) is 0 Å². The zero-order valence-corrected chi connectivity index (χ0v) is 13.1. The van der Waals surface area contributed by atoms with Crippen LogP contribution in [0, 0.1) is 0 Å². The number of rotatable bonds is 5. The summed E-state index contributed by atoms with van der Waals surface area (Å²) in [6.45, 7) is 0.141. The van der Waals surface area contributed by atoms with Gasteiger partial charge in [0.2, 0.25) is 10.0 Å². The number of benzene rings is 1. The molecule has 2 aromatic rings. The number of hydrogen-bond donors (Lipinski definition) is 1. The lowest BCUT2D eigenvalue weighted by atomic mass is 10.2. The summed E-state index contributed by atoms with van der Waals surface area (Å²) in [6, 6.07) is 7.92. The van der Waals surface area contributed by atoms with E-state index in [1.807, 2.05) is 0 Å². The molecule has 0 amide bonds. The molecular weight excluding hydrogens is 320 g/mol. The molecule has 0 bridgehead atoms. The molecule has 8 heteroatoms. The Bertz CT molecular complexity index is 762. The van der Waals surface area contributed by atoms with E-state index in [0.717, 1.165) is 0 Å². The van der Waals surface area contributed by atoms with Gasteiger partial charge in [0.1, 0.15) is 5.15 Å². The monoisotopic (exact) mass is 332 g/mol. The molecule has 1 atom stereocenters. The Morgan fingerprint density at radius 3 is 2.75 bits per heavy atom. The minimum absolute atomic E-state index is 0.141. The summed E-state index contributed by atoms with van der Waals surface area (Å²) in [5.41, 5.74) is 0.631. The molecule has 1 aromatic heterocycles. The van der Waals surface area contributed by atoms with Crippen LogP contribution in [-0.4, -0.2) is 36.2 Å². The van der Waals surface area contributed by atoms with Crippen molar-refractivity contribution in [2.45, 2.75) is 4.90 Å². The summed E-state index contributed by atoms with van der Waals surface area (Å²) >= 11 is 5.78. The van der Waals surface area contributed by atoms with Crippen molar-refractivity contribution in [1.29, 1.82) is 0 Å². The molecule has 1 aromatic carbocycles.